The number of allylic oxidation sites excluding steroid dienone is 3. The summed E-state index contributed by atoms with van der Waals surface area (Å²) in [5.74, 6) is -0.170. The molecule has 10 nitrogen and oxygen atoms in total. The highest BCUT2D eigenvalue weighted by Crippen LogP contribution is 2.66. The summed E-state index contributed by atoms with van der Waals surface area (Å²) in [7, 11) is 2.20. The lowest BCUT2D eigenvalue weighted by Gasteiger charge is -2.58. The molecule has 0 aromatic heterocycles. The van der Waals surface area contributed by atoms with Gasteiger partial charge in [-0.1, -0.05) is 19.9 Å². The van der Waals surface area contributed by atoms with Crippen LogP contribution in [-0.4, -0.2) is 72.6 Å². The molecule has 1 saturated heterocycles. The molecule has 3 aliphatic carbocycles. The number of hydrogen-bond donors (Lipinski definition) is 2. The van der Waals surface area contributed by atoms with Gasteiger partial charge in [0.15, 0.2) is 12.2 Å². The summed E-state index contributed by atoms with van der Waals surface area (Å²) >= 11 is 0. The Labute approximate surface area is 241 Å². The lowest BCUT2D eigenvalue weighted by atomic mass is 9.51. The van der Waals surface area contributed by atoms with Crippen LogP contribution >= 0.6 is 0 Å². The molecule has 0 aromatic carbocycles. The van der Waals surface area contributed by atoms with Crippen LogP contribution in [0.3, 0.4) is 0 Å². The first kappa shape index (κ1) is 29.4. The summed E-state index contributed by atoms with van der Waals surface area (Å²) in [5, 5.41) is 5.21. The molecule has 5 rings (SSSR count). The van der Waals surface area contributed by atoms with Gasteiger partial charge in [-0.3, -0.25) is 9.59 Å². The highest BCUT2D eigenvalue weighted by Gasteiger charge is 2.65. The minimum absolute atomic E-state index is 0.153. The molecular formula is C31H43N3O7. The first-order valence-corrected chi connectivity index (χ1v) is 14.9. The number of nitrogens with zero attached hydrogens (tertiary/aromatic N) is 1. The monoisotopic (exact) mass is 569 g/mol. The predicted molar refractivity (Wildman–Crippen MR) is 150 cm³/mol. The van der Waals surface area contributed by atoms with E-state index in [2.05, 4.69) is 28.7 Å². The third kappa shape index (κ3) is 5.31. The van der Waals surface area contributed by atoms with E-state index in [4.69, 9.17) is 14.2 Å². The molecule has 5 aliphatic rings. The summed E-state index contributed by atoms with van der Waals surface area (Å²) in [4.78, 5) is 52.7. The van der Waals surface area contributed by atoms with Gasteiger partial charge < -0.3 is 29.7 Å². The highest BCUT2D eigenvalue weighted by atomic mass is 16.6. The van der Waals surface area contributed by atoms with Crippen molar-refractivity contribution in [3.63, 3.8) is 0 Å². The Hall–Kier alpha value is -3.14. The van der Waals surface area contributed by atoms with E-state index in [1.807, 2.05) is 19.9 Å². The molecular weight excluding hydrogens is 526 g/mol. The summed E-state index contributed by atoms with van der Waals surface area (Å²) in [6.45, 7) is 9.11. The lowest BCUT2D eigenvalue weighted by molar-refractivity contribution is -0.168. The largest absolute Gasteiger partial charge is 0.486 e. The van der Waals surface area contributed by atoms with Crippen molar-refractivity contribution >= 4 is 23.8 Å². The van der Waals surface area contributed by atoms with E-state index >= 15 is 0 Å². The molecule has 7 atom stereocenters. The molecule has 1 saturated carbocycles. The summed E-state index contributed by atoms with van der Waals surface area (Å²) in [6, 6.07) is -1.36. The second-order valence-electron chi connectivity index (χ2n) is 12.7. The third-order valence-electron chi connectivity index (χ3n) is 9.34. The molecule has 2 aliphatic heterocycles. The Morgan fingerprint density at radius 1 is 1.12 bits per heavy atom. The summed E-state index contributed by atoms with van der Waals surface area (Å²) in [5.41, 5.74) is 2.55. The smallest absolute Gasteiger partial charge is 0.352 e. The Bertz CT molecular complexity index is 1220. The van der Waals surface area contributed by atoms with Crippen molar-refractivity contribution in [2.45, 2.75) is 103 Å². The highest BCUT2D eigenvalue weighted by molar-refractivity contribution is 5.90. The maximum absolute atomic E-state index is 13.2. The van der Waals surface area contributed by atoms with Crippen LogP contribution in [0.5, 0.6) is 0 Å². The third-order valence-corrected chi connectivity index (χ3v) is 9.34. The number of nitrogens with one attached hydrogen (secondary N) is 2. The van der Waals surface area contributed by atoms with E-state index in [-0.39, 0.29) is 23.3 Å². The van der Waals surface area contributed by atoms with E-state index in [1.54, 1.807) is 0 Å². The Kier molecular flexibility index (Phi) is 8.07. The number of piperidine rings is 1. The normalized spacial score (nSPS) is 30.2. The van der Waals surface area contributed by atoms with Gasteiger partial charge in [0.1, 0.15) is 23.6 Å². The van der Waals surface area contributed by atoms with Gasteiger partial charge in [-0.2, -0.15) is 0 Å². The fourth-order valence-electron chi connectivity index (χ4n) is 7.52. The van der Waals surface area contributed by atoms with Crippen molar-refractivity contribution in [3.8, 4) is 0 Å². The molecule has 2 N–H and O–H groups in total. The molecule has 5 unspecified atom stereocenters. The summed E-state index contributed by atoms with van der Waals surface area (Å²) in [6.07, 6.45) is 7.82. The van der Waals surface area contributed by atoms with Gasteiger partial charge in [0.05, 0.1) is 0 Å². The molecule has 2 heterocycles. The van der Waals surface area contributed by atoms with Crippen LogP contribution in [0.25, 0.3) is 0 Å². The molecule has 2 bridgehead atoms. The Morgan fingerprint density at radius 2 is 1.88 bits per heavy atom. The first-order chi connectivity index (χ1) is 19.4. The van der Waals surface area contributed by atoms with E-state index in [0.717, 1.165) is 44.4 Å². The van der Waals surface area contributed by atoms with Crippen LogP contribution in [0, 0.1) is 17.3 Å². The van der Waals surface area contributed by atoms with E-state index < -0.39 is 36.0 Å². The van der Waals surface area contributed by atoms with Crippen molar-refractivity contribution in [1.29, 1.82) is 0 Å². The van der Waals surface area contributed by atoms with Gasteiger partial charge in [0.25, 0.3) is 0 Å². The standard InChI is InChI=1S/C31H43N3O7/c1-16(2)14-22(33-19(5)35)28(36)32-17(3)29(37)39-18(4)30(38)41-25-11-10-21-23-15-20-8-7-9-24-26(20)31(21,27(25)40-24)12-13-34(23)6/h8,11,16-18,21-23,27H,7,9-10,12-15H2,1-6H3,(H,32,36)(H,33,35)/t17-,18?,21?,22-,23?,27?,31?/m0/s1. The van der Waals surface area contributed by atoms with Crippen molar-refractivity contribution < 1.29 is 33.4 Å². The number of amides is 2. The zero-order valence-corrected chi connectivity index (χ0v) is 25.0. The molecule has 10 heteroatoms. The van der Waals surface area contributed by atoms with Crippen LogP contribution in [0.4, 0.5) is 0 Å². The minimum atomic E-state index is -1.18. The first-order valence-electron chi connectivity index (χ1n) is 14.9. The number of hydrogen-bond acceptors (Lipinski definition) is 8. The molecule has 1 spiro atoms. The number of likely N-dealkylation sites (tertiary alicyclic amines) is 1. The van der Waals surface area contributed by atoms with Crippen LogP contribution in [0.1, 0.15) is 73.1 Å². The Balaban J connectivity index is 1.23. The van der Waals surface area contributed by atoms with Gasteiger partial charge in [0, 0.05) is 30.4 Å². The number of ether oxygens (including phenoxy) is 3. The second-order valence-corrected chi connectivity index (χ2v) is 12.7. The van der Waals surface area contributed by atoms with Gasteiger partial charge in [0.2, 0.25) is 11.8 Å². The minimum Gasteiger partial charge on any atom is -0.486 e. The average molecular weight is 570 g/mol. The zero-order valence-electron chi connectivity index (χ0n) is 25.0. The van der Waals surface area contributed by atoms with Crippen molar-refractivity contribution in [2.24, 2.45) is 17.3 Å². The molecule has 0 aromatic rings. The van der Waals surface area contributed by atoms with Gasteiger partial charge >= 0.3 is 11.9 Å². The Morgan fingerprint density at radius 3 is 2.59 bits per heavy atom. The molecule has 2 fully saturated rings. The maximum Gasteiger partial charge on any atom is 0.352 e. The lowest BCUT2D eigenvalue weighted by Crippen LogP contribution is -2.61. The van der Waals surface area contributed by atoms with Crippen LogP contribution in [-0.2, 0) is 33.4 Å². The second kappa shape index (κ2) is 11.3. The number of carbonyl (C=O) groups is 4. The zero-order chi connectivity index (χ0) is 29.6. The van der Waals surface area contributed by atoms with Crippen molar-refractivity contribution in [3.05, 3.63) is 34.8 Å². The molecule has 41 heavy (non-hydrogen) atoms. The summed E-state index contributed by atoms with van der Waals surface area (Å²) < 4.78 is 17.9. The van der Waals surface area contributed by atoms with Crippen LogP contribution in [0.2, 0.25) is 0 Å². The van der Waals surface area contributed by atoms with Gasteiger partial charge in [-0.15, -0.1) is 0 Å². The maximum atomic E-state index is 13.2. The van der Waals surface area contributed by atoms with Crippen LogP contribution in [0.15, 0.2) is 34.8 Å². The molecule has 0 radical (unpaired) electrons. The van der Waals surface area contributed by atoms with E-state index in [1.165, 1.54) is 31.9 Å². The quantitative estimate of drug-likeness (QED) is 0.407. The fourth-order valence-corrected chi connectivity index (χ4v) is 7.52. The van der Waals surface area contributed by atoms with Crippen LogP contribution < -0.4 is 10.6 Å². The molecule has 224 valence electrons. The van der Waals surface area contributed by atoms with Crippen molar-refractivity contribution in [2.75, 3.05) is 13.6 Å². The topological polar surface area (TPSA) is 123 Å². The van der Waals surface area contributed by atoms with E-state index in [0.29, 0.717) is 24.1 Å². The van der Waals surface area contributed by atoms with Gasteiger partial charge in [-0.25, -0.2) is 9.59 Å². The van der Waals surface area contributed by atoms with E-state index in [9.17, 15) is 19.2 Å². The number of carbonyl (C=O) groups excluding carboxylic acids is 4. The predicted octanol–water partition coefficient (Wildman–Crippen LogP) is 2.89. The fraction of sp³-hybridized carbons (Fsp3) is 0.677. The van der Waals surface area contributed by atoms with Crippen molar-refractivity contribution in [1.82, 2.24) is 15.5 Å². The average Bonchev–Trinajstić information content (AvgIpc) is 3.25. The van der Waals surface area contributed by atoms with Gasteiger partial charge in [-0.05, 0) is 83.0 Å². The number of rotatable bonds is 9. The SMILES string of the molecule is CC(=O)N[C@@H](CC(C)C)C(=O)N[C@@H](C)C(=O)OC(C)C(=O)OC1=CCC2C3CC4=CCCC5=C4C2(CCN3C)C1O5. The molecule has 2 amide bonds. The number of esters is 2.